The van der Waals surface area contributed by atoms with Crippen molar-refractivity contribution in [3.8, 4) is 0 Å². The van der Waals surface area contributed by atoms with Gasteiger partial charge in [0.25, 0.3) is 0 Å². The van der Waals surface area contributed by atoms with E-state index in [1.807, 2.05) is 13.8 Å². The van der Waals surface area contributed by atoms with Gasteiger partial charge in [-0.05, 0) is 6.92 Å². The molecule has 1 aliphatic rings. The fourth-order valence-corrected chi connectivity index (χ4v) is 0.581. The van der Waals surface area contributed by atoms with Crippen LogP contribution in [0.4, 0.5) is 0 Å². The van der Waals surface area contributed by atoms with Crippen LogP contribution in [0.3, 0.4) is 0 Å². The normalized spacial score (nSPS) is 19.3. The van der Waals surface area contributed by atoms with Gasteiger partial charge in [0.15, 0.2) is 0 Å². The van der Waals surface area contributed by atoms with Gasteiger partial charge in [-0.15, -0.1) is 5.10 Å². The van der Waals surface area contributed by atoms with E-state index in [1.165, 1.54) is 0 Å². The topological polar surface area (TPSA) is 34.0 Å². The molecule has 1 aliphatic heterocycles. The van der Waals surface area contributed by atoms with Crippen molar-refractivity contribution < 1.29 is 4.74 Å². The summed E-state index contributed by atoms with van der Waals surface area (Å²) in [6.45, 7) is 4.47. The Kier molecular flexibility index (Phi) is 1.82. The predicted molar refractivity (Wildman–Crippen MR) is 36.8 cm³/mol. The predicted octanol–water partition coefficient (Wildman–Crippen LogP) is 1.20. The van der Waals surface area contributed by atoms with Crippen LogP contribution in [0, 0.1) is 0 Å². The molecule has 0 radical (unpaired) electrons. The molecule has 1 rings (SSSR count). The van der Waals surface area contributed by atoms with Crippen molar-refractivity contribution in [1.82, 2.24) is 0 Å². The van der Waals surface area contributed by atoms with Crippen molar-refractivity contribution in [2.24, 2.45) is 10.2 Å². The van der Waals surface area contributed by atoms with Crippen LogP contribution in [-0.4, -0.2) is 18.2 Å². The molecule has 0 saturated carbocycles. The third kappa shape index (κ3) is 1.83. The summed E-state index contributed by atoms with van der Waals surface area (Å²) in [4.78, 5) is 0. The lowest BCUT2D eigenvalue weighted by atomic mass is 10.3. The van der Waals surface area contributed by atoms with Crippen LogP contribution in [0.25, 0.3) is 0 Å². The smallest absolute Gasteiger partial charge is 0.205 e. The second-order valence-electron chi connectivity index (χ2n) is 2.05. The second kappa shape index (κ2) is 2.62. The zero-order valence-electron chi connectivity index (χ0n) is 5.72. The average molecular weight is 126 g/mol. The van der Waals surface area contributed by atoms with Crippen molar-refractivity contribution in [1.29, 1.82) is 0 Å². The molecule has 0 spiro atoms. The van der Waals surface area contributed by atoms with Crippen LogP contribution in [-0.2, 0) is 4.74 Å². The van der Waals surface area contributed by atoms with Gasteiger partial charge in [-0.25, -0.2) is 0 Å². The van der Waals surface area contributed by atoms with Crippen LogP contribution in [0.15, 0.2) is 10.2 Å². The van der Waals surface area contributed by atoms with E-state index in [0.717, 1.165) is 12.1 Å². The number of ether oxygens (including phenoxy) is 1. The van der Waals surface area contributed by atoms with Crippen LogP contribution in [0.2, 0.25) is 0 Å². The third-order valence-electron chi connectivity index (χ3n) is 1.14. The molecule has 0 bridgehead atoms. The Morgan fingerprint density at radius 2 is 2.11 bits per heavy atom. The summed E-state index contributed by atoms with van der Waals surface area (Å²) in [6.07, 6.45) is 0.890. The van der Waals surface area contributed by atoms with Crippen molar-refractivity contribution >= 4 is 11.6 Å². The largest absolute Gasteiger partial charge is 0.479 e. The van der Waals surface area contributed by atoms with E-state index in [4.69, 9.17) is 4.74 Å². The molecule has 1 heterocycles. The van der Waals surface area contributed by atoms with Crippen LogP contribution >= 0.6 is 0 Å². The lowest BCUT2D eigenvalue weighted by Gasteiger charge is -1.96. The quantitative estimate of drug-likeness (QED) is 0.480. The Morgan fingerprint density at radius 3 is 2.89 bits per heavy atom. The molecular weight excluding hydrogens is 116 g/mol. The zero-order valence-corrected chi connectivity index (χ0v) is 5.72. The summed E-state index contributed by atoms with van der Waals surface area (Å²) < 4.78 is 5.11. The molecule has 0 unspecified atom stereocenters. The molecular formula is C6H10N2O. The molecule has 0 aromatic rings. The minimum atomic E-state index is 0.659. The van der Waals surface area contributed by atoms with Crippen LogP contribution < -0.4 is 0 Å². The second-order valence-corrected chi connectivity index (χ2v) is 2.05. The monoisotopic (exact) mass is 126 g/mol. The lowest BCUT2D eigenvalue weighted by Crippen LogP contribution is -2.00. The standard InChI is InChI=1S/C6H10N2O/c1-5-3-4-9-6(2)8-7-5/h3-4H2,1-2H3. The summed E-state index contributed by atoms with van der Waals surface area (Å²) >= 11 is 0. The number of rotatable bonds is 0. The highest BCUT2D eigenvalue weighted by Gasteiger charge is 1.98. The van der Waals surface area contributed by atoms with Crippen LogP contribution in [0.1, 0.15) is 20.3 Å². The average Bonchev–Trinajstić information content (AvgIpc) is 1.97. The molecule has 0 aromatic heterocycles. The van der Waals surface area contributed by atoms with E-state index in [-0.39, 0.29) is 0 Å². The molecule has 3 heteroatoms. The van der Waals surface area contributed by atoms with Crippen molar-refractivity contribution in [2.45, 2.75) is 20.3 Å². The molecule has 0 fully saturated rings. The first kappa shape index (κ1) is 6.26. The Hall–Kier alpha value is -0.860. The first-order valence-electron chi connectivity index (χ1n) is 2.99. The first-order chi connectivity index (χ1) is 4.29. The van der Waals surface area contributed by atoms with Crippen molar-refractivity contribution in [2.75, 3.05) is 6.61 Å². The SMILES string of the molecule is CC1=NN=C(C)OCC1. The molecule has 0 amide bonds. The van der Waals surface area contributed by atoms with Crippen molar-refractivity contribution in [3.63, 3.8) is 0 Å². The summed E-state index contributed by atoms with van der Waals surface area (Å²) in [7, 11) is 0. The summed E-state index contributed by atoms with van der Waals surface area (Å²) in [6, 6.07) is 0. The molecule has 0 aromatic carbocycles. The van der Waals surface area contributed by atoms with E-state index >= 15 is 0 Å². The maximum absolute atomic E-state index is 5.11. The highest BCUT2D eigenvalue weighted by atomic mass is 16.5. The Labute approximate surface area is 54.4 Å². The van der Waals surface area contributed by atoms with Gasteiger partial charge in [-0.2, -0.15) is 5.10 Å². The molecule has 0 aliphatic carbocycles. The fourth-order valence-electron chi connectivity index (χ4n) is 0.581. The fraction of sp³-hybridized carbons (Fsp3) is 0.667. The van der Waals surface area contributed by atoms with Crippen molar-refractivity contribution in [3.05, 3.63) is 0 Å². The Bertz CT molecular complexity index is 142. The minimum absolute atomic E-state index is 0.659. The molecule has 0 N–H and O–H groups in total. The Morgan fingerprint density at radius 1 is 1.33 bits per heavy atom. The molecule has 3 nitrogen and oxygen atoms in total. The molecule has 50 valence electrons. The maximum Gasteiger partial charge on any atom is 0.205 e. The zero-order chi connectivity index (χ0) is 6.69. The van der Waals surface area contributed by atoms with Crippen LogP contribution in [0.5, 0.6) is 0 Å². The molecule has 9 heavy (non-hydrogen) atoms. The van der Waals surface area contributed by atoms with Gasteiger partial charge in [0.05, 0.1) is 6.61 Å². The van der Waals surface area contributed by atoms with E-state index in [1.54, 1.807) is 0 Å². The van der Waals surface area contributed by atoms with Gasteiger partial charge >= 0.3 is 0 Å². The van der Waals surface area contributed by atoms with Gasteiger partial charge in [0, 0.05) is 19.1 Å². The molecule has 0 saturated heterocycles. The lowest BCUT2D eigenvalue weighted by molar-refractivity contribution is 0.315. The van der Waals surface area contributed by atoms with Gasteiger partial charge in [0.2, 0.25) is 5.90 Å². The van der Waals surface area contributed by atoms with Gasteiger partial charge < -0.3 is 4.74 Å². The van der Waals surface area contributed by atoms with E-state index in [2.05, 4.69) is 10.2 Å². The number of hydrogen-bond acceptors (Lipinski definition) is 3. The summed E-state index contributed by atoms with van der Waals surface area (Å²) in [5.74, 6) is 0.659. The first-order valence-corrected chi connectivity index (χ1v) is 2.99. The van der Waals surface area contributed by atoms with Gasteiger partial charge in [-0.1, -0.05) is 0 Å². The van der Waals surface area contributed by atoms with E-state index in [9.17, 15) is 0 Å². The van der Waals surface area contributed by atoms with E-state index in [0.29, 0.717) is 12.5 Å². The van der Waals surface area contributed by atoms with E-state index < -0.39 is 0 Å². The highest BCUT2D eigenvalue weighted by molar-refractivity contribution is 5.84. The minimum Gasteiger partial charge on any atom is -0.479 e. The maximum atomic E-state index is 5.11. The number of nitrogens with zero attached hydrogens (tertiary/aromatic N) is 2. The summed E-state index contributed by atoms with van der Waals surface area (Å²) in [5, 5.41) is 7.67. The van der Waals surface area contributed by atoms with Gasteiger partial charge in [0.1, 0.15) is 0 Å². The highest BCUT2D eigenvalue weighted by Crippen LogP contribution is 1.96. The Balaban J connectivity index is 2.63. The molecule has 0 atom stereocenters. The number of hydrogen-bond donors (Lipinski definition) is 0. The third-order valence-corrected chi connectivity index (χ3v) is 1.14. The summed E-state index contributed by atoms with van der Waals surface area (Å²) in [5.41, 5.74) is 1.03. The van der Waals surface area contributed by atoms with Gasteiger partial charge in [-0.3, -0.25) is 0 Å².